The molecule has 0 fully saturated rings. The second-order valence-electron chi connectivity index (χ2n) is 4.11. The lowest BCUT2D eigenvalue weighted by Crippen LogP contribution is -2.49. The van der Waals surface area contributed by atoms with Gasteiger partial charge in [0.05, 0.1) is 5.92 Å². The summed E-state index contributed by atoms with van der Waals surface area (Å²) in [6, 6.07) is 6.62. The molecule has 3 nitrogen and oxygen atoms in total. The van der Waals surface area contributed by atoms with Gasteiger partial charge in [0.15, 0.2) is 11.6 Å². The molecule has 0 saturated carbocycles. The second-order valence-corrected chi connectivity index (χ2v) is 4.11. The van der Waals surface area contributed by atoms with E-state index in [2.05, 4.69) is 0 Å². The Bertz CT molecular complexity index is 446. The summed E-state index contributed by atoms with van der Waals surface area (Å²) in [7, 11) is 0. The number of rotatable bonds is 0. The van der Waals surface area contributed by atoms with Crippen molar-refractivity contribution >= 4 is 11.6 Å². The normalized spacial score (nSPS) is 30.2. The van der Waals surface area contributed by atoms with E-state index in [0.29, 0.717) is 11.1 Å². The van der Waals surface area contributed by atoms with E-state index in [1.54, 1.807) is 31.2 Å². The van der Waals surface area contributed by atoms with Crippen LogP contribution in [0.25, 0.3) is 0 Å². The van der Waals surface area contributed by atoms with Crippen molar-refractivity contribution in [1.29, 1.82) is 0 Å². The number of hydrogen-bond acceptors (Lipinski definition) is 3. The van der Waals surface area contributed by atoms with Gasteiger partial charge in [-0.25, -0.2) is 0 Å². The summed E-state index contributed by atoms with van der Waals surface area (Å²) in [5.41, 5.74) is -0.835. The Hall–Kier alpha value is -1.48. The predicted octanol–water partition coefficient (Wildman–Crippen LogP) is 1.45. The first-order chi connectivity index (χ1) is 6.96. The summed E-state index contributed by atoms with van der Waals surface area (Å²) >= 11 is 0. The van der Waals surface area contributed by atoms with Gasteiger partial charge in [-0.15, -0.1) is 0 Å². The van der Waals surface area contributed by atoms with Crippen molar-refractivity contribution in [1.82, 2.24) is 0 Å². The van der Waals surface area contributed by atoms with Gasteiger partial charge in [-0.05, 0) is 6.92 Å². The topological polar surface area (TPSA) is 54.4 Å². The Morgan fingerprint density at radius 2 is 1.73 bits per heavy atom. The van der Waals surface area contributed by atoms with Crippen molar-refractivity contribution in [3.63, 3.8) is 0 Å². The predicted molar refractivity (Wildman–Crippen MR) is 54.9 cm³/mol. The third kappa shape index (κ3) is 1.23. The standard InChI is InChI=1S/C12H12O3/c1-7-10(13)8-5-3-4-6-9(8)11(14)12(7,2)15/h3-7,15H,1-2H3/t7-,12-/m0/s1. The average molecular weight is 204 g/mol. The van der Waals surface area contributed by atoms with Crippen LogP contribution in [0.2, 0.25) is 0 Å². The van der Waals surface area contributed by atoms with Crippen molar-refractivity contribution in [3.8, 4) is 0 Å². The van der Waals surface area contributed by atoms with Crippen molar-refractivity contribution in [2.24, 2.45) is 5.92 Å². The number of fused-ring (bicyclic) bond motifs is 1. The summed E-state index contributed by atoms with van der Waals surface area (Å²) in [6.07, 6.45) is 0. The van der Waals surface area contributed by atoms with Gasteiger partial charge >= 0.3 is 0 Å². The minimum absolute atomic E-state index is 0.171. The minimum atomic E-state index is -1.58. The molecule has 0 aliphatic heterocycles. The molecule has 1 aliphatic carbocycles. The highest BCUT2D eigenvalue weighted by Gasteiger charge is 2.46. The molecule has 0 saturated heterocycles. The molecule has 1 aromatic rings. The maximum Gasteiger partial charge on any atom is 0.195 e. The fraction of sp³-hybridized carbons (Fsp3) is 0.333. The van der Waals surface area contributed by atoms with E-state index < -0.39 is 11.5 Å². The monoisotopic (exact) mass is 204 g/mol. The van der Waals surface area contributed by atoms with Crippen molar-refractivity contribution in [2.45, 2.75) is 19.4 Å². The Balaban J connectivity index is 2.68. The highest BCUT2D eigenvalue weighted by molar-refractivity contribution is 6.18. The van der Waals surface area contributed by atoms with E-state index in [4.69, 9.17) is 0 Å². The third-order valence-corrected chi connectivity index (χ3v) is 3.13. The molecule has 2 rings (SSSR count). The zero-order chi connectivity index (χ0) is 11.2. The molecule has 15 heavy (non-hydrogen) atoms. The molecule has 0 bridgehead atoms. The quantitative estimate of drug-likeness (QED) is 0.696. The van der Waals surface area contributed by atoms with Gasteiger partial charge < -0.3 is 5.11 Å². The highest BCUT2D eigenvalue weighted by Crippen LogP contribution is 2.32. The summed E-state index contributed by atoms with van der Waals surface area (Å²) in [6.45, 7) is 2.98. The highest BCUT2D eigenvalue weighted by atomic mass is 16.3. The maximum absolute atomic E-state index is 11.9. The summed E-state index contributed by atoms with van der Waals surface area (Å²) < 4.78 is 0. The van der Waals surface area contributed by atoms with Gasteiger partial charge in [-0.1, -0.05) is 31.2 Å². The fourth-order valence-corrected chi connectivity index (χ4v) is 1.85. The van der Waals surface area contributed by atoms with E-state index in [-0.39, 0.29) is 11.6 Å². The zero-order valence-electron chi connectivity index (χ0n) is 8.65. The molecule has 2 atom stereocenters. The van der Waals surface area contributed by atoms with Crippen LogP contribution < -0.4 is 0 Å². The van der Waals surface area contributed by atoms with E-state index in [1.165, 1.54) is 6.92 Å². The molecular formula is C12H12O3. The fourth-order valence-electron chi connectivity index (χ4n) is 1.85. The number of ketones is 2. The molecule has 1 aliphatic rings. The van der Waals surface area contributed by atoms with E-state index in [9.17, 15) is 14.7 Å². The van der Waals surface area contributed by atoms with E-state index >= 15 is 0 Å². The molecule has 0 aromatic heterocycles. The lowest BCUT2D eigenvalue weighted by atomic mass is 9.73. The van der Waals surface area contributed by atoms with Crippen LogP contribution in [-0.2, 0) is 0 Å². The number of hydrogen-bond donors (Lipinski definition) is 1. The Kier molecular flexibility index (Phi) is 2.01. The van der Waals surface area contributed by atoms with Crippen molar-refractivity contribution in [2.75, 3.05) is 0 Å². The molecule has 78 valence electrons. The molecule has 3 heteroatoms. The number of Topliss-reactive ketones (excluding diaryl/α,β-unsaturated/α-hetero) is 2. The van der Waals surface area contributed by atoms with Gasteiger partial charge in [0.2, 0.25) is 0 Å². The minimum Gasteiger partial charge on any atom is -0.381 e. The molecule has 0 spiro atoms. The zero-order valence-corrected chi connectivity index (χ0v) is 8.65. The van der Waals surface area contributed by atoms with Crippen molar-refractivity contribution in [3.05, 3.63) is 35.4 Å². The molecule has 0 heterocycles. The molecule has 1 N–H and O–H groups in total. The third-order valence-electron chi connectivity index (χ3n) is 3.13. The van der Waals surface area contributed by atoms with Crippen LogP contribution in [0.15, 0.2) is 24.3 Å². The van der Waals surface area contributed by atoms with Crippen LogP contribution in [0.5, 0.6) is 0 Å². The summed E-state index contributed by atoms with van der Waals surface area (Å²) in [4.78, 5) is 23.8. The smallest absolute Gasteiger partial charge is 0.195 e. The van der Waals surface area contributed by atoms with Crippen LogP contribution in [0.3, 0.4) is 0 Å². The Morgan fingerprint density at radius 1 is 1.20 bits per heavy atom. The van der Waals surface area contributed by atoms with Gasteiger partial charge in [0, 0.05) is 11.1 Å². The van der Waals surface area contributed by atoms with Crippen LogP contribution in [0, 0.1) is 5.92 Å². The summed E-state index contributed by atoms with van der Waals surface area (Å²) in [5, 5.41) is 9.96. The first-order valence-electron chi connectivity index (χ1n) is 4.86. The first-order valence-corrected chi connectivity index (χ1v) is 4.86. The van der Waals surface area contributed by atoms with Gasteiger partial charge in [0.25, 0.3) is 0 Å². The van der Waals surface area contributed by atoms with Gasteiger partial charge in [-0.3, -0.25) is 9.59 Å². The molecular weight excluding hydrogens is 192 g/mol. The molecule has 1 aromatic carbocycles. The van der Waals surface area contributed by atoms with E-state index in [0.717, 1.165) is 0 Å². The van der Waals surface area contributed by atoms with Crippen LogP contribution in [-0.4, -0.2) is 22.3 Å². The molecule has 0 unspecified atom stereocenters. The van der Waals surface area contributed by atoms with E-state index in [1.807, 2.05) is 0 Å². The number of carbonyl (C=O) groups excluding carboxylic acids is 2. The second kappa shape index (κ2) is 3.00. The Labute approximate surface area is 87.7 Å². The van der Waals surface area contributed by atoms with Crippen LogP contribution in [0.1, 0.15) is 34.6 Å². The average Bonchev–Trinajstić information content (AvgIpc) is 2.24. The SMILES string of the molecule is C[C@H]1C(=O)c2ccccc2C(=O)[C@@]1(C)O. The summed E-state index contributed by atoms with van der Waals surface area (Å²) in [5.74, 6) is -1.22. The van der Waals surface area contributed by atoms with Crippen molar-refractivity contribution < 1.29 is 14.7 Å². The molecule has 0 amide bonds. The number of aliphatic hydroxyl groups is 1. The number of carbonyl (C=O) groups is 2. The lowest BCUT2D eigenvalue weighted by molar-refractivity contribution is 0.0115. The largest absolute Gasteiger partial charge is 0.381 e. The van der Waals surface area contributed by atoms with Crippen LogP contribution >= 0.6 is 0 Å². The first kappa shape index (κ1) is 10.1. The maximum atomic E-state index is 11.9. The van der Waals surface area contributed by atoms with Gasteiger partial charge in [0.1, 0.15) is 5.60 Å². The molecule has 0 radical (unpaired) electrons. The van der Waals surface area contributed by atoms with Crippen LogP contribution in [0.4, 0.5) is 0 Å². The number of benzene rings is 1. The Morgan fingerprint density at radius 3 is 2.33 bits per heavy atom. The lowest BCUT2D eigenvalue weighted by Gasteiger charge is -2.33. The van der Waals surface area contributed by atoms with Gasteiger partial charge in [-0.2, -0.15) is 0 Å².